The summed E-state index contributed by atoms with van der Waals surface area (Å²) < 4.78 is 0. The van der Waals surface area contributed by atoms with E-state index in [1.165, 1.54) is 12.0 Å². The van der Waals surface area contributed by atoms with Crippen molar-refractivity contribution >= 4 is 17.2 Å². The number of rotatable bonds is 6. The van der Waals surface area contributed by atoms with E-state index in [4.69, 9.17) is 18.0 Å². The van der Waals surface area contributed by atoms with Crippen molar-refractivity contribution < 1.29 is 0 Å². The van der Waals surface area contributed by atoms with Gasteiger partial charge in [-0.3, -0.25) is 0 Å². The Morgan fingerprint density at radius 3 is 2.35 bits per heavy atom. The molecule has 0 aliphatic carbocycles. The van der Waals surface area contributed by atoms with Crippen molar-refractivity contribution in [1.82, 2.24) is 4.90 Å². The van der Waals surface area contributed by atoms with E-state index in [1.807, 2.05) is 12.1 Å². The molecule has 2 N–H and O–H groups in total. The van der Waals surface area contributed by atoms with Crippen molar-refractivity contribution in [1.29, 1.82) is 0 Å². The Kier molecular flexibility index (Phi) is 5.59. The fourth-order valence-corrected chi connectivity index (χ4v) is 1.78. The molecule has 17 heavy (non-hydrogen) atoms. The van der Waals surface area contributed by atoms with Gasteiger partial charge in [0.25, 0.3) is 0 Å². The Morgan fingerprint density at radius 2 is 1.88 bits per heavy atom. The minimum atomic E-state index is 0.463. The molecule has 2 nitrogen and oxygen atoms in total. The average molecular weight is 250 g/mol. The molecule has 0 saturated carbocycles. The number of benzene rings is 1. The minimum Gasteiger partial charge on any atom is -0.389 e. The van der Waals surface area contributed by atoms with E-state index in [0.29, 0.717) is 4.99 Å². The molecule has 1 aromatic carbocycles. The van der Waals surface area contributed by atoms with Crippen LogP contribution in [0.5, 0.6) is 0 Å². The van der Waals surface area contributed by atoms with Crippen LogP contribution in [-0.4, -0.2) is 23.5 Å². The quantitative estimate of drug-likeness (QED) is 0.787. The second-order valence-corrected chi connectivity index (χ2v) is 5.42. The molecule has 1 aromatic rings. The molecule has 0 bridgehead atoms. The van der Waals surface area contributed by atoms with Crippen molar-refractivity contribution in [3.05, 3.63) is 35.4 Å². The third kappa shape index (κ3) is 5.29. The third-order valence-corrected chi connectivity index (χ3v) is 3.01. The largest absolute Gasteiger partial charge is 0.389 e. The monoisotopic (exact) mass is 250 g/mol. The molecule has 94 valence electrons. The lowest BCUT2D eigenvalue weighted by Crippen LogP contribution is -2.20. The highest BCUT2D eigenvalue weighted by Gasteiger charge is 2.02. The summed E-state index contributed by atoms with van der Waals surface area (Å²) in [7, 11) is 2.16. The first-order valence-electron chi connectivity index (χ1n) is 6.06. The van der Waals surface area contributed by atoms with Crippen LogP contribution >= 0.6 is 12.2 Å². The van der Waals surface area contributed by atoms with Gasteiger partial charge < -0.3 is 10.6 Å². The van der Waals surface area contributed by atoms with Gasteiger partial charge in [0.05, 0.1) is 0 Å². The second-order valence-electron chi connectivity index (χ2n) is 4.98. The average Bonchev–Trinajstić information content (AvgIpc) is 2.27. The van der Waals surface area contributed by atoms with Gasteiger partial charge in [-0.1, -0.05) is 50.3 Å². The molecule has 0 atom stereocenters. The molecular formula is C14H22N2S. The van der Waals surface area contributed by atoms with Crippen molar-refractivity contribution in [3.63, 3.8) is 0 Å². The normalized spacial score (nSPS) is 11.1. The summed E-state index contributed by atoms with van der Waals surface area (Å²) >= 11 is 4.93. The first kappa shape index (κ1) is 14.1. The van der Waals surface area contributed by atoms with Crippen LogP contribution in [0.2, 0.25) is 0 Å². The predicted molar refractivity (Wildman–Crippen MR) is 78.1 cm³/mol. The SMILES string of the molecule is CC(C)CCN(C)Cc1ccc(C(N)=S)cc1. The maximum atomic E-state index is 5.57. The summed E-state index contributed by atoms with van der Waals surface area (Å²) in [5.41, 5.74) is 7.81. The first-order valence-corrected chi connectivity index (χ1v) is 6.47. The Hall–Kier alpha value is -0.930. The fourth-order valence-electron chi connectivity index (χ4n) is 1.64. The number of thiocarbonyl (C=S) groups is 1. The van der Waals surface area contributed by atoms with Crippen LogP contribution in [-0.2, 0) is 6.54 Å². The first-order chi connectivity index (χ1) is 7.99. The molecular weight excluding hydrogens is 228 g/mol. The number of nitrogens with zero attached hydrogens (tertiary/aromatic N) is 1. The third-order valence-electron chi connectivity index (χ3n) is 2.78. The van der Waals surface area contributed by atoms with Crippen LogP contribution in [0.25, 0.3) is 0 Å². The van der Waals surface area contributed by atoms with Gasteiger partial charge in [0.2, 0.25) is 0 Å². The van der Waals surface area contributed by atoms with E-state index >= 15 is 0 Å². The van der Waals surface area contributed by atoms with Gasteiger partial charge in [0.1, 0.15) is 4.99 Å². The fraction of sp³-hybridized carbons (Fsp3) is 0.500. The van der Waals surface area contributed by atoms with Gasteiger partial charge in [-0.2, -0.15) is 0 Å². The Labute approximate surface area is 110 Å². The highest BCUT2D eigenvalue weighted by atomic mass is 32.1. The van der Waals surface area contributed by atoms with Crippen LogP contribution in [0.4, 0.5) is 0 Å². The molecule has 0 unspecified atom stereocenters. The van der Waals surface area contributed by atoms with E-state index in [0.717, 1.165) is 24.6 Å². The summed E-state index contributed by atoms with van der Waals surface area (Å²) in [6.07, 6.45) is 1.24. The van der Waals surface area contributed by atoms with Gasteiger partial charge >= 0.3 is 0 Å². The van der Waals surface area contributed by atoms with E-state index in [-0.39, 0.29) is 0 Å². The zero-order valence-electron chi connectivity index (χ0n) is 10.9. The summed E-state index contributed by atoms with van der Waals surface area (Å²) in [6, 6.07) is 8.18. The van der Waals surface area contributed by atoms with E-state index in [9.17, 15) is 0 Å². The summed E-state index contributed by atoms with van der Waals surface area (Å²) in [5, 5.41) is 0. The molecule has 0 radical (unpaired) electrons. The summed E-state index contributed by atoms with van der Waals surface area (Å²) in [4.78, 5) is 2.81. The second kappa shape index (κ2) is 6.72. The molecule has 0 amide bonds. The number of nitrogens with two attached hydrogens (primary N) is 1. The maximum Gasteiger partial charge on any atom is 0.103 e. The highest BCUT2D eigenvalue weighted by molar-refractivity contribution is 7.80. The van der Waals surface area contributed by atoms with Crippen molar-refractivity contribution in [2.24, 2.45) is 11.7 Å². The van der Waals surface area contributed by atoms with Gasteiger partial charge in [-0.15, -0.1) is 0 Å². The summed E-state index contributed by atoms with van der Waals surface area (Å²) in [6.45, 7) is 6.62. The Bertz CT molecular complexity index is 357. The smallest absolute Gasteiger partial charge is 0.103 e. The standard InChI is InChI=1S/C14H22N2S/c1-11(2)8-9-16(3)10-12-4-6-13(7-5-12)14(15)17/h4-7,11H,8-10H2,1-3H3,(H2,15,17). The van der Waals surface area contributed by atoms with Gasteiger partial charge in [0.15, 0.2) is 0 Å². The molecule has 0 aromatic heterocycles. The minimum absolute atomic E-state index is 0.463. The van der Waals surface area contributed by atoms with Gasteiger partial charge in [-0.25, -0.2) is 0 Å². The maximum absolute atomic E-state index is 5.57. The van der Waals surface area contributed by atoms with E-state index in [1.54, 1.807) is 0 Å². The van der Waals surface area contributed by atoms with E-state index in [2.05, 4.69) is 37.9 Å². The molecule has 0 aliphatic rings. The molecule has 0 saturated heterocycles. The van der Waals surface area contributed by atoms with Crippen LogP contribution in [0.1, 0.15) is 31.4 Å². The Morgan fingerprint density at radius 1 is 1.29 bits per heavy atom. The number of hydrogen-bond donors (Lipinski definition) is 1. The van der Waals surface area contributed by atoms with Gasteiger partial charge in [0, 0.05) is 12.1 Å². The summed E-state index contributed by atoms with van der Waals surface area (Å²) in [5.74, 6) is 0.759. The van der Waals surface area contributed by atoms with Crippen LogP contribution < -0.4 is 5.73 Å². The Balaban J connectivity index is 2.48. The molecule has 3 heteroatoms. The van der Waals surface area contributed by atoms with Crippen molar-refractivity contribution in [3.8, 4) is 0 Å². The van der Waals surface area contributed by atoms with Crippen molar-refractivity contribution in [2.45, 2.75) is 26.8 Å². The van der Waals surface area contributed by atoms with Gasteiger partial charge in [-0.05, 0) is 31.5 Å². The van der Waals surface area contributed by atoms with Crippen LogP contribution in [0.15, 0.2) is 24.3 Å². The topological polar surface area (TPSA) is 29.3 Å². The molecule has 0 fully saturated rings. The number of hydrogen-bond acceptors (Lipinski definition) is 2. The molecule has 0 spiro atoms. The molecule has 0 heterocycles. The highest BCUT2D eigenvalue weighted by Crippen LogP contribution is 2.08. The lowest BCUT2D eigenvalue weighted by Gasteiger charge is -2.18. The predicted octanol–water partition coefficient (Wildman–Crippen LogP) is 2.80. The van der Waals surface area contributed by atoms with Crippen molar-refractivity contribution in [2.75, 3.05) is 13.6 Å². The van der Waals surface area contributed by atoms with Crippen LogP contribution in [0, 0.1) is 5.92 Å². The molecule has 1 rings (SSSR count). The zero-order chi connectivity index (χ0) is 12.8. The lowest BCUT2D eigenvalue weighted by atomic mass is 10.1. The zero-order valence-corrected chi connectivity index (χ0v) is 11.8. The lowest BCUT2D eigenvalue weighted by molar-refractivity contribution is 0.303. The van der Waals surface area contributed by atoms with Crippen LogP contribution in [0.3, 0.4) is 0 Å². The molecule has 0 aliphatic heterocycles. The van der Waals surface area contributed by atoms with E-state index < -0.39 is 0 Å².